The van der Waals surface area contributed by atoms with Gasteiger partial charge in [0.1, 0.15) is 0 Å². The van der Waals surface area contributed by atoms with Crippen LogP contribution in [0.4, 0.5) is 0 Å². The third-order valence-electron chi connectivity index (χ3n) is 6.90. The molecule has 1 atom stereocenters. The van der Waals surface area contributed by atoms with Crippen molar-refractivity contribution < 1.29 is 4.79 Å². The highest BCUT2D eigenvalue weighted by atomic mass is 16.2. The smallest absolute Gasteiger partial charge is 0.222 e. The van der Waals surface area contributed by atoms with Crippen molar-refractivity contribution in [3.8, 4) is 0 Å². The molecule has 2 aromatic carbocycles. The molecule has 2 saturated heterocycles. The van der Waals surface area contributed by atoms with E-state index in [4.69, 9.17) is 0 Å². The molecular weight excluding hydrogens is 382 g/mol. The Balaban J connectivity index is 1.14. The van der Waals surface area contributed by atoms with Crippen molar-refractivity contribution in [2.24, 2.45) is 5.92 Å². The minimum absolute atomic E-state index is 0.362. The van der Waals surface area contributed by atoms with Crippen molar-refractivity contribution in [3.63, 3.8) is 0 Å². The Bertz CT molecular complexity index is 787. The molecule has 0 aromatic heterocycles. The van der Waals surface area contributed by atoms with Crippen LogP contribution in [0.25, 0.3) is 0 Å². The fraction of sp³-hybridized carbons (Fsp3) is 0.519. The number of nitrogens with zero attached hydrogens (tertiary/aromatic N) is 3. The van der Waals surface area contributed by atoms with E-state index in [1.54, 1.807) is 0 Å². The summed E-state index contributed by atoms with van der Waals surface area (Å²) in [6.07, 6.45) is 5.44. The van der Waals surface area contributed by atoms with Gasteiger partial charge in [-0.05, 0) is 49.3 Å². The van der Waals surface area contributed by atoms with Crippen LogP contribution in [0.1, 0.15) is 36.8 Å². The fourth-order valence-electron chi connectivity index (χ4n) is 5.00. The van der Waals surface area contributed by atoms with Gasteiger partial charge in [0.05, 0.1) is 0 Å². The largest absolute Gasteiger partial charge is 0.340 e. The van der Waals surface area contributed by atoms with E-state index in [9.17, 15) is 4.79 Å². The third kappa shape index (κ3) is 6.91. The molecule has 4 heteroatoms. The average Bonchev–Trinajstić information content (AvgIpc) is 2.83. The molecule has 2 aliphatic rings. The molecule has 0 radical (unpaired) electrons. The lowest BCUT2D eigenvalue weighted by Gasteiger charge is -2.36. The van der Waals surface area contributed by atoms with Gasteiger partial charge >= 0.3 is 0 Å². The Hall–Kier alpha value is -2.17. The summed E-state index contributed by atoms with van der Waals surface area (Å²) >= 11 is 0. The number of amides is 1. The molecule has 1 amide bonds. The van der Waals surface area contributed by atoms with E-state index in [1.165, 1.54) is 30.5 Å². The number of hydrogen-bond acceptors (Lipinski definition) is 3. The van der Waals surface area contributed by atoms with E-state index >= 15 is 0 Å². The third-order valence-corrected chi connectivity index (χ3v) is 6.90. The monoisotopic (exact) mass is 419 g/mol. The van der Waals surface area contributed by atoms with Crippen molar-refractivity contribution in [2.45, 2.75) is 38.6 Å². The number of benzene rings is 2. The zero-order valence-electron chi connectivity index (χ0n) is 18.8. The van der Waals surface area contributed by atoms with Gasteiger partial charge in [0.15, 0.2) is 0 Å². The van der Waals surface area contributed by atoms with E-state index in [0.29, 0.717) is 11.8 Å². The number of likely N-dealkylation sites (tertiary alicyclic amines) is 1. The van der Waals surface area contributed by atoms with Crippen LogP contribution in [0.15, 0.2) is 60.7 Å². The Labute approximate surface area is 187 Å². The molecule has 0 spiro atoms. The molecule has 2 aromatic rings. The maximum absolute atomic E-state index is 12.8. The fourth-order valence-corrected chi connectivity index (χ4v) is 5.00. The molecule has 2 aliphatic heterocycles. The van der Waals surface area contributed by atoms with Crippen LogP contribution < -0.4 is 0 Å². The van der Waals surface area contributed by atoms with Crippen molar-refractivity contribution in [2.75, 3.05) is 45.8 Å². The summed E-state index contributed by atoms with van der Waals surface area (Å²) in [4.78, 5) is 20.0. The number of rotatable bonds is 8. The van der Waals surface area contributed by atoms with Gasteiger partial charge in [0.2, 0.25) is 5.91 Å². The van der Waals surface area contributed by atoms with Crippen LogP contribution in [0.5, 0.6) is 0 Å². The molecular formula is C27H37N3O. The second-order valence-electron chi connectivity index (χ2n) is 9.23. The van der Waals surface area contributed by atoms with Gasteiger partial charge in [-0.3, -0.25) is 9.69 Å². The number of carbonyl (C=O) groups excluding carboxylic acids is 1. The first kappa shape index (κ1) is 22.0. The van der Waals surface area contributed by atoms with Gasteiger partial charge in [-0.15, -0.1) is 0 Å². The zero-order valence-corrected chi connectivity index (χ0v) is 18.8. The minimum atomic E-state index is 0.362. The Morgan fingerprint density at radius 3 is 2.19 bits per heavy atom. The van der Waals surface area contributed by atoms with Crippen molar-refractivity contribution in [1.29, 1.82) is 0 Å². The lowest BCUT2D eigenvalue weighted by Crippen LogP contribution is -2.48. The normalized spacial score (nSPS) is 20.6. The molecule has 0 bridgehead atoms. The highest BCUT2D eigenvalue weighted by Gasteiger charge is 2.24. The molecule has 1 unspecified atom stereocenters. The van der Waals surface area contributed by atoms with E-state index < -0.39 is 0 Å². The van der Waals surface area contributed by atoms with Crippen molar-refractivity contribution in [1.82, 2.24) is 14.7 Å². The Morgan fingerprint density at radius 2 is 1.48 bits per heavy atom. The predicted octanol–water partition coefficient (Wildman–Crippen LogP) is 4.07. The Kier molecular flexibility index (Phi) is 8.14. The summed E-state index contributed by atoms with van der Waals surface area (Å²) in [5.41, 5.74) is 2.78. The highest BCUT2D eigenvalue weighted by Crippen LogP contribution is 2.22. The van der Waals surface area contributed by atoms with Crippen LogP contribution in [0.3, 0.4) is 0 Å². The van der Waals surface area contributed by atoms with Gasteiger partial charge < -0.3 is 9.80 Å². The van der Waals surface area contributed by atoms with Crippen LogP contribution in [0, 0.1) is 5.92 Å². The first-order valence-corrected chi connectivity index (χ1v) is 12.1. The van der Waals surface area contributed by atoms with Gasteiger partial charge in [0, 0.05) is 52.2 Å². The topological polar surface area (TPSA) is 26.8 Å². The van der Waals surface area contributed by atoms with Crippen LogP contribution in [0.2, 0.25) is 0 Å². The van der Waals surface area contributed by atoms with Gasteiger partial charge in [-0.25, -0.2) is 0 Å². The zero-order chi connectivity index (χ0) is 21.3. The Morgan fingerprint density at radius 1 is 0.806 bits per heavy atom. The van der Waals surface area contributed by atoms with Crippen LogP contribution in [-0.2, 0) is 17.8 Å². The standard InChI is InChI=1S/C27H37N3O/c31-27(30-20-18-29(19-21-30)22-25-10-5-2-6-11-25)14-13-26-12-7-16-28(23-26)17-15-24-8-3-1-4-9-24/h1-6,8-11,26H,7,12-23H2. The van der Waals surface area contributed by atoms with E-state index in [2.05, 4.69) is 75.4 Å². The second-order valence-corrected chi connectivity index (χ2v) is 9.23. The lowest BCUT2D eigenvalue weighted by molar-refractivity contribution is -0.133. The maximum Gasteiger partial charge on any atom is 0.222 e. The predicted molar refractivity (Wildman–Crippen MR) is 127 cm³/mol. The van der Waals surface area contributed by atoms with E-state index in [1.807, 2.05) is 0 Å². The van der Waals surface area contributed by atoms with Gasteiger partial charge in [-0.1, -0.05) is 60.7 Å². The van der Waals surface area contributed by atoms with Gasteiger partial charge in [-0.2, -0.15) is 0 Å². The summed E-state index contributed by atoms with van der Waals surface area (Å²) < 4.78 is 0. The number of piperidine rings is 1. The highest BCUT2D eigenvalue weighted by molar-refractivity contribution is 5.76. The summed E-state index contributed by atoms with van der Waals surface area (Å²) in [6.45, 7) is 8.21. The summed E-state index contributed by atoms with van der Waals surface area (Å²) in [5.74, 6) is 1.04. The maximum atomic E-state index is 12.8. The lowest BCUT2D eigenvalue weighted by atomic mass is 9.93. The molecule has 2 heterocycles. The molecule has 4 nitrogen and oxygen atoms in total. The molecule has 166 valence electrons. The SMILES string of the molecule is O=C(CCC1CCCN(CCc2ccccc2)C1)N1CCN(Cc2ccccc2)CC1. The average molecular weight is 420 g/mol. The summed E-state index contributed by atoms with van der Waals surface area (Å²) in [6, 6.07) is 21.4. The molecule has 2 fully saturated rings. The molecule has 4 rings (SSSR count). The second kappa shape index (κ2) is 11.4. The van der Waals surface area contributed by atoms with Crippen molar-refractivity contribution in [3.05, 3.63) is 71.8 Å². The quantitative estimate of drug-likeness (QED) is 0.645. The minimum Gasteiger partial charge on any atom is -0.340 e. The van der Waals surface area contributed by atoms with E-state index in [0.717, 1.165) is 65.1 Å². The first-order valence-electron chi connectivity index (χ1n) is 12.1. The number of hydrogen-bond donors (Lipinski definition) is 0. The van der Waals surface area contributed by atoms with Crippen LogP contribution in [-0.4, -0.2) is 66.4 Å². The van der Waals surface area contributed by atoms with Crippen molar-refractivity contribution >= 4 is 5.91 Å². The van der Waals surface area contributed by atoms with E-state index in [-0.39, 0.29) is 0 Å². The molecule has 0 N–H and O–H groups in total. The molecule has 0 aliphatic carbocycles. The number of carbonyl (C=O) groups is 1. The molecule has 0 saturated carbocycles. The summed E-state index contributed by atoms with van der Waals surface area (Å²) in [7, 11) is 0. The first-order chi connectivity index (χ1) is 15.3. The summed E-state index contributed by atoms with van der Waals surface area (Å²) in [5, 5.41) is 0. The molecule has 31 heavy (non-hydrogen) atoms. The van der Waals surface area contributed by atoms with Gasteiger partial charge in [0.25, 0.3) is 0 Å². The number of piperazine rings is 1. The van der Waals surface area contributed by atoms with Crippen LogP contribution >= 0.6 is 0 Å².